The average molecular weight is 204 g/mol. The molecular weight excluding hydrogens is 188 g/mol. The van der Waals surface area contributed by atoms with E-state index in [2.05, 4.69) is 11.3 Å². The van der Waals surface area contributed by atoms with Crippen molar-refractivity contribution < 1.29 is 24.9 Å². The number of methoxy groups -OCH3 is 1. The van der Waals surface area contributed by atoms with Gasteiger partial charge in [0.1, 0.15) is 0 Å². The van der Waals surface area contributed by atoms with E-state index in [0.29, 0.717) is 0 Å². The van der Waals surface area contributed by atoms with Crippen molar-refractivity contribution in [3.63, 3.8) is 0 Å². The minimum Gasteiger partial charge on any atom is -0.466 e. The molecule has 82 valence electrons. The lowest BCUT2D eigenvalue weighted by molar-refractivity contribution is -0.136. The van der Waals surface area contributed by atoms with Gasteiger partial charge >= 0.3 is 5.97 Å². The van der Waals surface area contributed by atoms with Gasteiger partial charge in [-0.05, 0) is 6.42 Å². The largest absolute Gasteiger partial charge is 0.466 e. The first kappa shape index (κ1) is 13.1. The van der Waals surface area contributed by atoms with Crippen LogP contribution in [0, 0.1) is 5.41 Å². The highest BCUT2D eigenvalue weighted by Gasteiger charge is 2.30. The predicted octanol–water partition coefficient (Wildman–Crippen LogP) is -0.931. The lowest BCUT2D eigenvalue weighted by Gasteiger charge is -2.27. The van der Waals surface area contributed by atoms with Gasteiger partial charge in [0.2, 0.25) is 0 Å². The molecule has 0 aromatic heterocycles. The molecule has 0 aromatic rings. The summed E-state index contributed by atoms with van der Waals surface area (Å²) < 4.78 is 4.41. The summed E-state index contributed by atoms with van der Waals surface area (Å²) in [5.41, 5.74) is -0.990. The number of carbonyl (C=O) groups excluding carboxylic acids is 1. The van der Waals surface area contributed by atoms with Gasteiger partial charge in [0, 0.05) is 11.0 Å². The maximum Gasteiger partial charge on any atom is 0.333 e. The predicted molar refractivity (Wildman–Crippen MR) is 49.5 cm³/mol. The van der Waals surface area contributed by atoms with Crippen molar-refractivity contribution in [2.75, 3.05) is 26.9 Å². The molecule has 0 aliphatic carbocycles. The summed E-state index contributed by atoms with van der Waals surface area (Å²) in [7, 11) is 1.21. The lowest BCUT2D eigenvalue weighted by Crippen LogP contribution is -2.35. The molecule has 5 heteroatoms. The fourth-order valence-electron chi connectivity index (χ4n) is 0.987. The summed E-state index contributed by atoms with van der Waals surface area (Å²) in [5.74, 6) is -0.607. The lowest BCUT2D eigenvalue weighted by atomic mass is 9.84. The maximum atomic E-state index is 11.0. The highest BCUT2D eigenvalue weighted by atomic mass is 16.5. The maximum absolute atomic E-state index is 11.0. The number of aliphatic hydroxyl groups excluding tert-OH is 3. The highest BCUT2D eigenvalue weighted by Crippen LogP contribution is 2.24. The van der Waals surface area contributed by atoms with Crippen LogP contribution in [-0.2, 0) is 9.53 Å². The Labute approximate surface area is 82.6 Å². The molecule has 3 N–H and O–H groups in total. The zero-order valence-corrected chi connectivity index (χ0v) is 8.19. The van der Waals surface area contributed by atoms with Gasteiger partial charge in [-0.3, -0.25) is 0 Å². The van der Waals surface area contributed by atoms with Gasteiger partial charge in [0.25, 0.3) is 0 Å². The first-order valence-corrected chi connectivity index (χ1v) is 4.14. The molecule has 0 aliphatic heterocycles. The Kier molecular flexibility index (Phi) is 5.37. The Balaban J connectivity index is 4.44. The van der Waals surface area contributed by atoms with E-state index in [9.17, 15) is 4.79 Å². The molecule has 0 fully saturated rings. The van der Waals surface area contributed by atoms with Gasteiger partial charge < -0.3 is 20.1 Å². The zero-order valence-electron chi connectivity index (χ0n) is 8.19. The van der Waals surface area contributed by atoms with Crippen molar-refractivity contribution >= 4 is 5.97 Å². The number of ether oxygens (including phenoxy) is 1. The van der Waals surface area contributed by atoms with Crippen molar-refractivity contribution in [3.05, 3.63) is 12.2 Å². The highest BCUT2D eigenvalue weighted by molar-refractivity contribution is 5.87. The van der Waals surface area contributed by atoms with E-state index in [1.165, 1.54) is 7.11 Å². The van der Waals surface area contributed by atoms with E-state index in [-0.39, 0.29) is 12.0 Å². The molecule has 0 unspecified atom stereocenters. The number of carbonyl (C=O) groups is 1. The quantitative estimate of drug-likeness (QED) is 0.384. The van der Waals surface area contributed by atoms with Gasteiger partial charge in [0.05, 0.1) is 26.9 Å². The van der Waals surface area contributed by atoms with Crippen molar-refractivity contribution in [2.24, 2.45) is 5.41 Å². The minimum atomic E-state index is -1.11. The second-order valence-electron chi connectivity index (χ2n) is 3.25. The third-order valence-corrected chi connectivity index (χ3v) is 2.07. The number of aliphatic hydroxyl groups is 3. The molecule has 0 rings (SSSR count). The summed E-state index contributed by atoms with van der Waals surface area (Å²) in [4.78, 5) is 11.0. The van der Waals surface area contributed by atoms with Crippen LogP contribution in [0.25, 0.3) is 0 Å². The van der Waals surface area contributed by atoms with Crippen LogP contribution in [0.4, 0.5) is 0 Å². The van der Waals surface area contributed by atoms with Crippen LogP contribution < -0.4 is 0 Å². The van der Waals surface area contributed by atoms with E-state index < -0.39 is 31.2 Å². The first-order valence-electron chi connectivity index (χ1n) is 4.14. The summed E-state index contributed by atoms with van der Waals surface area (Å²) >= 11 is 0. The summed E-state index contributed by atoms with van der Waals surface area (Å²) in [6, 6.07) is 0. The minimum absolute atomic E-state index is 0.00315. The van der Waals surface area contributed by atoms with E-state index in [4.69, 9.17) is 15.3 Å². The Hall–Kier alpha value is -0.910. The SMILES string of the molecule is C=C(CC(CO)(CO)CO)C(=O)OC. The molecule has 0 heterocycles. The zero-order chi connectivity index (χ0) is 11.2. The molecule has 0 amide bonds. The van der Waals surface area contributed by atoms with Crippen molar-refractivity contribution in [2.45, 2.75) is 6.42 Å². The molecule has 0 atom stereocenters. The standard InChI is InChI=1S/C9H16O5/c1-7(8(13)14-2)3-9(4-10,5-11)6-12/h10-12H,1,3-6H2,2H3. The van der Waals surface area contributed by atoms with Gasteiger partial charge in [-0.15, -0.1) is 0 Å². The molecule has 0 bridgehead atoms. The number of hydrogen-bond donors (Lipinski definition) is 3. The molecule has 0 saturated carbocycles. The van der Waals surface area contributed by atoms with Gasteiger partial charge in [-0.1, -0.05) is 6.58 Å². The Bertz CT molecular complexity index is 199. The third kappa shape index (κ3) is 3.10. The Morgan fingerprint density at radius 3 is 2.00 bits per heavy atom. The van der Waals surface area contributed by atoms with Crippen LogP contribution >= 0.6 is 0 Å². The van der Waals surface area contributed by atoms with E-state index in [0.717, 1.165) is 0 Å². The topological polar surface area (TPSA) is 87.0 Å². The van der Waals surface area contributed by atoms with Crippen LogP contribution in [0.5, 0.6) is 0 Å². The fourth-order valence-corrected chi connectivity index (χ4v) is 0.987. The van der Waals surface area contributed by atoms with Gasteiger partial charge in [0.15, 0.2) is 0 Å². The Morgan fingerprint density at radius 2 is 1.71 bits per heavy atom. The molecule has 0 aliphatic rings. The van der Waals surface area contributed by atoms with Crippen LogP contribution in [0.15, 0.2) is 12.2 Å². The molecule has 0 aromatic carbocycles. The van der Waals surface area contributed by atoms with E-state index >= 15 is 0 Å². The average Bonchev–Trinajstić information content (AvgIpc) is 2.24. The second kappa shape index (κ2) is 5.74. The number of esters is 1. The van der Waals surface area contributed by atoms with E-state index in [1.54, 1.807) is 0 Å². The normalized spacial score (nSPS) is 11.1. The Morgan fingerprint density at radius 1 is 1.29 bits per heavy atom. The van der Waals surface area contributed by atoms with Gasteiger partial charge in [-0.2, -0.15) is 0 Å². The van der Waals surface area contributed by atoms with Crippen LogP contribution in [0.3, 0.4) is 0 Å². The number of hydrogen-bond acceptors (Lipinski definition) is 5. The molecule has 5 nitrogen and oxygen atoms in total. The molecule has 14 heavy (non-hydrogen) atoms. The molecule has 0 radical (unpaired) electrons. The van der Waals surface area contributed by atoms with E-state index in [1.807, 2.05) is 0 Å². The van der Waals surface area contributed by atoms with Crippen LogP contribution in [0.1, 0.15) is 6.42 Å². The monoisotopic (exact) mass is 204 g/mol. The van der Waals surface area contributed by atoms with Crippen LogP contribution in [0.2, 0.25) is 0 Å². The van der Waals surface area contributed by atoms with Crippen molar-refractivity contribution in [1.29, 1.82) is 0 Å². The molecule has 0 saturated heterocycles. The summed E-state index contributed by atoms with van der Waals surface area (Å²) in [5, 5.41) is 26.9. The summed E-state index contributed by atoms with van der Waals surface area (Å²) in [6.45, 7) is 2.18. The van der Waals surface area contributed by atoms with Crippen molar-refractivity contribution in [3.8, 4) is 0 Å². The van der Waals surface area contributed by atoms with Crippen molar-refractivity contribution in [1.82, 2.24) is 0 Å². The summed E-state index contributed by atoms with van der Waals surface area (Å²) in [6.07, 6.45) is 0.00315. The van der Waals surface area contributed by atoms with Crippen LogP contribution in [-0.4, -0.2) is 48.2 Å². The van der Waals surface area contributed by atoms with Gasteiger partial charge in [-0.25, -0.2) is 4.79 Å². The smallest absolute Gasteiger partial charge is 0.333 e. The number of rotatable bonds is 6. The second-order valence-corrected chi connectivity index (χ2v) is 3.25. The fraction of sp³-hybridized carbons (Fsp3) is 0.667. The first-order chi connectivity index (χ1) is 6.55. The third-order valence-electron chi connectivity index (χ3n) is 2.07. The molecule has 0 spiro atoms. The molecular formula is C9H16O5.